The number of primary sulfonamides is 1. The van der Waals surface area contributed by atoms with Crippen molar-refractivity contribution in [3.63, 3.8) is 0 Å². The van der Waals surface area contributed by atoms with E-state index in [1.165, 1.54) is 12.1 Å². The average Bonchev–Trinajstić information content (AvgIpc) is 2.56. The van der Waals surface area contributed by atoms with Gasteiger partial charge in [0.05, 0.1) is 15.5 Å². The molecule has 0 fully saturated rings. The number of aryl methyl sites for hydroxylation is 1. The number of esters is 1. The molecule has 138 valence electrons. The van der Waals surface area contributed by atoms with Crippen LogP contribution in [0.5, 0.6) is 0 Å². The standard InChI is InChI=1S/C17H17ClN2O5S/c1-10-4-3-5-15(11(10)2)20-16(21)9-25-17(22)13-8-12(26(19,23)24)6-7-14(13)18/h3-8H,9H2,1-2H3,(H,20,21)(H2,19,23,24). The highest BCUT2D eigenvalue weighted by molar-refractivity contribution is 7.89. The van der Waals surface area contributed by atoms with Gasteiger partial charge < -0.3 is 10.1 Å². The highest BCUT2D eigenvalue weighted by Gasteiger charge is 2.18. The Hall–Kier alpha value is -2.42. The van der Waals surface area contributed by atoms with Crippen LogP contribution < -0.4 is 10.5 Å². The first kappa shape index (κ1) is 19.9. The van der Waals surface area contributed by atoms with Crippen LogP contribution in [0.3, 0.4) is 0 Å². The predicted molar refractivity (Wildman–Crippen MR) is 97.7 cm³/mol. The predicted octanol–water partition coefficient (Wildman–Crippen LogP) is 2.40. The van der Waals surface area contributed by atoms with E-state index in [0.29, 0.717) is 5.69 Å². The lowest BCUT2D eigenvalue weighted by Crippen LogP contribution is -2.22. The molecule has 7 nitrogen and oxygen atoms in total. The van der Waals surface area contributed by atoms with Crippen LogP contribution in [0.25, 0.3) is 0 Å². The maximum Gasteiger partial charge on any atom is 0.340 e. The van der Waals surface area contributed by atoms with Crippen LogP contribution in [0.4, 0.5) is 5.69 Å². The summed E-state index contributed by atoms with van der Waals surface area (Å²) in [5, 5.41) is 7.65. The lowest BCUT2D eigenvalue weighted by Gasteiger charge is -2.11. The summed E-state index contributed by atoms with van der Waals surface area (Å²) in [5.74, 6) is -1.47. The Balaban J connectivity index is 2.07. The van der Waals surface area contributed by atoms with Gasteiger partial charge in [-0.05, 0) is 49.2 Å². The third-order valence-electron chi connectivity index (χ3n) is 3.70. The van der Waals surface area contributed by atoms with Crippen molar-refractivity contribution in [2.24, 2.45) is 5.14 Å². The van der Waals surface area contributed by atoms with Crippen molar-refractivity contribution in [1.82, 2.24) is 0 Å². The van der Waals surface area contributed by atoms with Crippen LogP contribution in [0, 0.1) is 13.8 Å². The molecule has 0 aliphatic carbocycles. The maximum atomic E-state index is 12.1. The van der Waals surface area contributed by atoms with Crippen LogP contribution >= 0.6 is 11.6 Å². The van der Waals surface area contributed by atoms with Crippen molar-refractivity contribution in [2.75, 3.05) is 11.9 Å². The number of carbonyl (C=O) groups is 2. The molecular formula is C17H17ClN2O5S. The zero-order valence-corrected chi connectivity index (χ0v) is 15.6. The van der Waals surface area contributed by atoms with E-state index in [-0.39, 0.29) is 15.5 Å². The summed E-state index contributed by atoms with van der Waals surface area (Å²) in [6, 6.07) is 8.82. The van der Waals surface area contributed by atoms with Gasteiger partial charge in [-0.1, -0.05) is 23.7 Å². The number of hydrogen-bond acceptors (Lipinski definition) is 5. The Morgan fingerprint density at radius 1 is 1.19 bits per heavy atom. The van der Waals surface area contributed by atoms with E-state index >= 15 is 0 Å². The summed E-state index contributed by atoms with van der Waals surface area (Å²) < 4.78 is 27.6. The number of benzene rings is 2. The molecule has 3 N–H and O–H groups in total. The van der Waals surface area contributed by atoms with Crippen molar-refractivity contribution in [3.05, 3.63) is 58.1 Å². The van der Waals surface area contributed by atoms with E-state index in [4.69, 9.17) is 21.5 Å². The van der Waals surface area contributed by atoms with Gasteiger partial charge in [-0.25, -0.2) is 18.4 Å². The fraction of sp³-hybridized carbons (Fsp3) is 0.176. The van der Waals surface area contributed by atoms with Gasteiger partial charge in [0.2, 0.25) is 10.0 Å². The lowest BCUT2D eigenvalue weighted by atomic mass is 10.1. The zero-order valence-electron chi connectivity index (χ0n) is 14.1. The summed E-state index contributed by atoms with van der Waals surface area (Å²) in [7, 11) is -4.00. The Morgan fingerprint density at radius 2 is 1.88 bits per heavy atom. The number of sulfonamides is 1. The number of carbonyl (C=O) groups excluding carboxylic acids is 2. The van der Waals surface area contributed by atoms with Crippen molar-refractivity contribution in [1.29, 1.82) is 0 Å². The summed E-state index contributed by atoms with van der Waals surface area (Å²) in [4.78, 5) is 23.8. The van der Waals surface area contributed by atoms with E-state index in [2.05, 4.69) is 5.32 Å². The molecule has 0 aliphatic heterocycles. The highest BCUT2D eigenvalue weighted by Crippen LogP contribution is 2.21. The Kier molecular flexibility index (Phi) is 6.01. The van der Waals surface area contributed by atoms with Crippen molar-refractivity contribution in [2.45, 2.75) is 18.7 Å². The van der Waals surface area contributed by atoms with E-state index in [9.17, 15) is 18.0 Å². The fourth-order valence-corrected chi connectivity index (χ4v) is 2.85. The monoisotopic (exact) mass is 396 g/mol. The van der Waals surface area contributed by atoms with Gasteiger partial charge in [-0.3, -0.25) is 4.79 Å². The smallest absolute Gasteiger partial charge is 0.340 e. The number of nitrogens with two attached hydrogens (primary N) is 1. The second-order valence-corrected chi connectivity index (χ2v) is 7.53. The number of anilines is 1. The van der Waals surface area contributed by atoms with Crippen LogP contribution in [-0.2, 0) is 19.6 Å². The van der Waals surface area contributed by atoms with E-state index < -0.39 is 28.5 Å². The molecule has 0 saturated heterocycles. The first-order chi connectivity index (χ1) is 12.1. The first-order valence-corrected chi connectivity index (χ1v) is 9.37. The molecule has 9 heteroatoms. The molecule has 0 bridgehead atoms. The van der Waals surface area contributed by atoms with Gasteiger partial charge in [-0.15, -0.1) is 0 Å². The van der Waals surface area contributed by atoms with Crippen molar-refractivity contribution in [3.8, 4) is 0 Å². The molecule has 0 unspecified atom stereocenters. The number of hydrogen-bond donors (Lipinski definition) is 2. The SMILES string of the molecule is Cc1cccc(NC(=O)COC(=O)c2cc(S(N)(=O)=O)ccc2Cl)c1C. The van der Waals surface area contributed by atoms with Gasteiger partial charge in [0.15, 0.2) is 6.61 Å². The second-order valence-electron chi connectivity index (χ2n) is 5.56. The minimum absolute atomic E-state index is 0.0164. The largest absolute Gasteiger partial charge is 0.452 e. The molecule has 2 aromatic rings. The maximum absolute atomic E-state index is 12.1. The summed E-state index contributed by atoms with van der Waals surface area (Å²) >= 11 is 5.89. The molecular weight excluding hydrogens is 380 g/mol. The van der Waals surface area contributed by atoms with E-state index in [1.807, 2.05) is 19.9 Å². The Bertz CT molecular complexity index is 973. The molecule has 0 spiro atoms. The van der Waals surface area contributed by atoms with Gasteiger partial charge in [0, 0.05) is 5.69 Å². The molecule has 0 saturated carbocycles. The quantitative estimate of drug-likeness (QED) is 0.753. The average molecular weight is 397 g/mol. The minimum Gasteiger partial charge on any atom is -0.452 e. The minimum atomic E-state index is -4.00. The van der Waals surface area contributed by atoms with Crippen LogP contribution in [0.15, 0.2) is 41.3 Å². The van der Waals surface area contributed by atoms with E-state index in [0.717, 1.165) is 17.2 Å². The topological polar surface area (TPSA) is 116 Å². The first-order valence-electron chi connectivity index (χ1n) is 7.45. The second kappa shape index (κ2) is 7.86. The van der Waals surface area contributed by atoms with Crippen molar-refractivity contribution >= 4 is 39.2 Å². The number of rotatable bonds is 5. The third-order valence-corrected chi connectivity index (χ3v) is 4.94. The normalized spacial score (nSPS) is 11.1. The van der Waals surface area contributed by atoms with E-state index in [1.54, 1.807) is 12.1 Å². The summed E-state index contributed by atoms with van der Waals surface area (Å²) in [5.41, 5.74) is 2.32. The highest BCUT2D eigenvalue weighted by atomic mass is 35.5. The molecule has 0 atom stereocenters. The molecule has 2 aromatic carbocycles. The molecule has 0 radical (unpaired) electrons. The fourth-order valence-electron chi connectivity index (χ4n) is 2.12. The number of halogens is 1. The number of nitrogens with one attached hydrogen (secondary N) is 1. The van der Waals surface area contributed by atoms with Gasteiger partial charge >= 0.3 is 5.97 Å². The van der Waals surface area contributed by atoms with Gasteiger partial charge in [-0.2, -0.15) is 0 Å². The molecule has 1 amide bonds. The van der Waals surface area contributed by atoms with Crippen LogP contribution in [-0.4, -0.2) is 26.9 Å². The lowest BCUT2D eigenvalue weighted by molar-refractivity contribution is -0.119. The molecule has 0 heterocycles. The summed E-state index contributed by atoms with van der Waals surface area (Å²) in [6.07, 6.45) is 0. The Morgan fingerprint density at radius 3 is 2.54 bits per heavy atom. The van der Waals surface area contributed by atoms with Crippen LogP contribution in [0.2, 0.25) is 5.02 Å². The number of ether oxygens (including phenoxy) is 1. The molecule has 0 aliphatic rings. The van der Waals surface area contributed by atoms with Gasteiger partial charge in [0.25, 0.3) is 5.91 Å². The molecule has 26 heavy (non-hydrogen) atoms. The van der Waals surface area contributed by atoms with Crippen molar-refractivity contribution < 1.29 is 22.7 Å². The third kappa shape index (κ3) is 4.81. The molecule has 0 aromatic heterocycles. The summed E-state index contributed by atoms with van der Waals surface area (Å²) in [6.45, 7) is 3.21. The Labute approximate surface area is 156 Å². The van der Waals surface area contributed by atoms with Gasteiger partial charge in [0.1, 0.15) is 0 Å². The zero-order chi connectivity index (χ0) is 19.5. The number of amides is 1. The molecule has 2 rings (SSSR count). The van der Waals surface area contributed by atoms with Crippen LogP contribution in [0.1, 0.15) is 21.5 Å².